The number of halogens is 6. The first-order valence-electron chi connectivity index (χ1n) is 17.4. The Morgan fingerprint density at radius 3 is 1.36 bits per heavy atom. The molecule has 0 N–H and O–H groups in total. The summed E-state index contributed by atoms with van der Waals surface area (Å²) >= 11 is 9.53. The zero-order chi connectivity index (χ0) is 38.1. The van der Waals surface area contributed by atoms with E-state index in [0.29, 0.717) is 0 Å². The average molecular weight is 913 g/mol. The molecule has 0 aromatic heterocycles. The summed E-state index contributed by atoms with van der Waals surface area (Å²) in [6, 6.07) is 46.6. The Bertz CT molecular complexity index is 2060. The number of fused-ring (bicyclic) bond motifs is 9. The number of allylic oxidation sites excluding steroid dienone is 4. The number of alkyl halides is 2. The summed E-state index contributed by atoms with van der Waals surface area (Å²) in [6.45, 7) is 2.16. The molecule has 1 atom stereocenters. The van der Waals surface area contributed by atoms with E-state index in [1.165, 1.54) is 27.8 Å². The maximum Gasteiger partial charge on any atom is 0.673 e. The van der Waals surface area contributed by atoms with Gasteiger partial charge in [0.1, 0.15) is 0 Å². The molecule has 55 heavy (non-hydrogen) atoms. The van der Waals surface area contributed by atoms with Crippen molar-refractivity contribution >= 4 is 79.1 Å². The maximum absolute atomic E-state index is 9.75. The van der Waals surface area contributed by atoms with Crippen LogP contribution in [-0.2, 0) is 24.0 Å². The third kappa shape index (κ3) is 11.4. The van der Waals surface area contributed by atoms with Crippen LogP contribution in [0.2, 0.25) is 0 Å². The Labute approximate surface area is 344 Å². The molecule has 2 aliphatic carbocycles. The van der Waals surface area contributed by atoms with Gasteiger partial charge < -0.3 is 17.3 Å². The number of hydrogen-bond donors (Lipinski definition) is 0. The van der Waals surface area contributed by atoms with E-state index in [1.54, 1.807) is 0 Å². The summed E-state index contributed by atoms with van der Waals surface area (Å²) in [5, 5.41) is 7.42. The minimum Gasteiger partial charge on any atom is -0.418 e. The summed E-state index contributed by atoms with van der Waals surface area (Å²) < 4.78 is 59.1. The van der Waals surface area contributed by atoms with Gasteiger partial charge in [-0.3, -0.25) is 9.05 Å². The minimum atomic E-state index is -6.00. The SMILES string of the molecule is C1=CC2C=CC1C2.C[C@H](O[PH+]1Oc2ccc3ccccc3c2-c2c(ccc3ccccc23)O1)[PH+](c1ccccc1)c1ccccc1.ClCCl.F[B-](F)(F)F.[Rh]. The quantitative estimate of drug-likeness (QED) is 0.0567. The molecule has 0 spiro atoms. The predicted molar refractivity (Wildman–Crippen MR) is 224 cm³/mol. The normalized spacial score (nSPS) is 16.7. The number of rotatable bonds is 5. The van der Waals surface area contributed by atoms with Crippen LogP contribution in [0.4, 0.5) is 17.3 Å². The zero-order valence-electron chi connectivity index (χ0n) is 29.6. The van der Waals surface area contributed by atoms with Crippen molar-refractivity contribution in [3.8, 4) is 22.6 Å². The van der Waals surface area contributed by atoms with Crippen LogP contribution in [0, 0.1) is 11.8 Å². The molecule has 3 nitrogen and oxygen atoms in total. The molecule has 6 aromatic carbocycles. The summed E-state index contributed by atoms with van der Waals surface area (Å²) in [4.78, 5) is 0. The van der Waals surface area contributed by atoms with E-state index in [0.717, 1.165) is 45.2 Å². The molecular formula is C42H38BCl2F4O3P2Rh+. The van der Waals surface area contributed by atoms with E-state index in [1.807, 2.05) is 0 Å². The fraction of sp³-hybridized carbons (Fsp3) is 0.143. The van der Waals surface area contributed by atoms with Crippen LogP contribution in [0.1, 0.15) is 13.3 Å². The molecule has 0 saturated heterocycles. The van der Waals surface area contributed by atoms with Gasteiger partial charge in [-0.05, 0) is 76.2 Å². The van der Waals surface area contributed by atoms with Crippen molar-refractivity contribution in [3.63, 3.8) is 0 Å². The largest absolute Gasteiger partial charge is 0.673 e. The van der Waals surface area contributed by atoms with Gasteiger partial charge in [0.05, 0.1) is 23.9 Å². The number of hydrogen-bond acceptors (Lipinski definition) is 3. The topological polar surface area (TPSA) is 27.7 Å². The van der Waals surface area contributed by atoms with Crippen molar-refractivity contribution in [1.82, 2.24) is 0 Å². The van der Waals surface area contributed by atoms with Crippen molar-refractivity contribution in [3.05, 3.63) is 158 Å². The molecule has 3 aliphatic rings. The Morgan fingerprint density at radius 2 is 1.00 bits per heavy atom. The van der Waals surface area contributed by atoms with Crippen molar-refractivity contribution in [1.29, 1.82) is 0 Å². The predicted octanol–water partition coefficient (Wildman–Crippen LogP) is 13.1. The van der Waals surface area contributed by atoms with Crippen LogP contribution >= 0.6 is 39.7 Å². The molecule has 0 saturated carbocycles. The summed E-state index contributed by atoms with van der Waals surface area (Å²) in [6.07, 6.45) is 10.5. The maximum atomic E-state index is 9.75. The third-order valence-electron chi connectivity index (χ3n) is 9.02. The van der Waals surface area contributed by atoms with E-state index < -0.39 is 23.8 Å². The molecule has 1 aliphatic heterocycles. The molecule has 2 bridgehead atoms. The van der Waals surface area contributed by atoms with Gasteiger partial charge in [0, 0.05) is 37.5 Å². The van der Waals surface area contributed by atoms with Crippen molar-refractivity contribution in [2.24, 2.45) is 11.8 Å². The van der Waals surface area contributed by atoms with E-state index in [4.69, 9.17) is 36.8 Å². The molecule has 9 rings (SSSR count). The van der Waals surface area contributed by atoms with Crippen LogP contribution in [0.15, 0.2) is 158 Å². The summed E-state index contributed by atoms with van der Waals surface area (Å²) in [7, 11) is -9.44. The van der Waals surface area contributed by atoms with Gasteiger partial charge in [0.2, 0.25) is 5.85 Å². The van der Waals surface area contributed by atoms with Crippen LogP contribution in [0.5, 0.6) is 11.5 Å². The summed E-state index contributed by atoms with van der Waals surface area (Å²) in [5.74, 6) is 3.14. The van der Waals surface area contributed by atoms with Gasteiger partial charge >= 0.3 is 15.9 Å². The van der Waals surface area contributed by atoms with Crippen LogP contribution in [0.3, 0.4) is 0 Å². The van der Waals surface area contributed by atoms with Gasteiger partial charge in [-0.15, -0.1) is 27.7 Å². The van der Waals surface area contributed by atoms with Gasteiger partial charge in [-0.2, -0.15) is 0 Å². The second-order valence-corrected chi connectivity index (χ2v) is 17.4. The fourth-order valence-electron chi connectivity index (χ4n) is 6.84. The van der Waals surface area contributed by atoms with Crippen molar-refractivity contribution in [2.45, 2.75) is 19.2 Å². The molecule has 0 fully saturated rings. The van der Waals surface area contributed by atoms with E-state index in [-0.39, 0.29) is 30.7 Å². The first kappa shape index (κ1) is 42.9. The first-order valence-corrected chi connectivity index (χ1v) is 21.3. The van der Waals surface area contributed by atoms with Crippen LogP contribution in [0.25, 0.3) is 32.7 Å². The molecule has 1 heterocycles. The second kappa shape index (κ2) is 20.2. The molecule has 6 aromatic rings. The molecule has 13 heteroatoms. The number of benzene rings is 6. The first-order chi connectivity index (χ1) is 26.1. The third-order valence-corrected chi connectivity index (χ3v) is 13.4. The van der Waals surface area contributed by atoms with Gasteiger partial charge in [-0.25, -0.2) is 0 Å². The molecule has 287 valence electrons. The minimum absolute atomic E-state index is 0. The smallest absolute Gasteiger partial charge is 0.418 e. The standard InChI is InChI=1S/C34H27O3P2.C7H8.CH2Cl2.BF4.Rh/c1-24(38(27-14-4-2-5-15-27)28-16-6-3-7-17-28)35-39-36-31-22-20-25-12-8-10-18-29(25)33(31)34-30-19-11-9-13-26(30)21-23-32(34)37-39;1-2-7-4-3-6(1)5-7;2-1-3;2-1(3,4)5;/h2-24,39H,1H3;1-4,6-7H,5H2;1H2;;/q+1;;;-1;/p+1/t24-;;;;/m1..../s1. The Morgan fingerprint density at radius 1 is 0.636 bits per heavy atom. The monoisotopic (exact) mass is 912 g/mol. The van der Waals surface area contributed by atoms with Crippen LogP contribution < -0.4 is 19.7 Å². The van der Waals surface area contributed by atoms with Gasteiger partial charge in [0.25, 0.3) is 0 Å². The molecule has 1 radical (unpaired) electrons. The van der Waals surface area contributed by atoms with E-state index in [9.17, 15) is 17.3 Å². The average Bonchev–Trinajstić information content (AvgIpc) is 3.79. The van der Waals surface area contributed by atoms with Crippen molar-refractivity contribution < 1.29 is 50.3 Å². The fourth-order valence-corrected chi connectivity index (χ4v) is 11.1. The van der Waals surface area contributed by atoms with Gasteiger partial charge in [-0.1, -0.05) is 121 Å². The Kier molecular flexibility index (Phi) is 15.8. The molecular weight excluding hydrogens is 875 g/mol. The second-order valence-electron chi connectivity index (χ2n) is 12.6. The van der Waals surface area contributed by atoms with Gasteiger partial charge in [0.15, 0.2) is 11.5 Å². The van der Waals surface area contributed by atoms with E-state index in [2.05, 4.69) is 165 Å². The molecule has 0 unspecified atom stereocenters. The Balaban J connectivity index is 0.000000305. The van der Waals surface area contributed by atoms with E-state index >= 15 is 0 Å². The van der Waals surface area contributed by atoms with Crippen LogP contribution in [-0.4, -0.2) is 18.4 Å². The zero-order valence-corrected chi connectivity index (χ0v) is 34.7. The summed E-state index contributed by atoms with van der Waals surface area (Å²) in [5.41, 5.74) is 2.13. The molecule has 0 amide bonds. The Hall–Kier alpha value is -3.27. The van der Waals surface area contributed by atoms with Crippen molar-refractivity contribution in [2.75, 3.05) is 5.34 Å².